The molecule has 1 aliphatic rings. The van der Waals surface area contributed by atoms with Crippen molar-refractivity contribution in [3.8, 4) is 0 Å². The zero-order chi connectivity index (χ0) is 13.5. The molecule has 2 rings (SSSR count). The number of halogens is 2. The van der Waals surface area contributed by atoms with E-state index >= 15 is 0 Å². The van der Waals surface area contributed by atoms with Crippen LogP contribution in [0, 0.1) is 5.92 Å². The summed E-state index contributed by atoms with van der Waals surface area (Å²) in [4.78, 5) is 11.8. The molecule has 3 nitrogen and oxygen atoms in total. The number of benzene rings is 1. The average molecular weight is 362 g/mol. The molecule has 1 saturated heterocycles. The second-order valence-corrected chi connectivity index (χ2v) is 6.07. The molecule has 0 aliphatic carbocycles. The predicted molar refractivity (Wildman–Crippen MR) is 88.3 cm³/mol. The molecule has 20 heavy (non-hydrogen) atoms. The molecule has 1 amide bonds. The van der Waals surface area contributed by atoms with Crippen molar-refractivity contribution in [3.05, 3.63) is 34.3 Å². The van der Waals surface area contributed by atoms with E-state index in [0.717, 1.165) is 42.0 Å². The molecule has 1 atom stereocenters. The molecule has 0 aromatic heterocycles. The van der Waals surface area contributed by atoms with Crippen LogP contribution >= 0.6 is 28.3 Å². The smallest absolute Gasteiger partial charge is 0.224 e. The number of piperidine rings is 1. The standard InChI is InChI=1S/C15H21BrN2O.ClH/c16-14-5-1-3-13(9-14)10-15(19)18-8-6-12-4-2-7-17-11-12;/h1,3,5,9,12,17H,2,4,6-8,10-11H2,(H,18,19);1H. The maximum absolute atomic E-state index is 11.8. The van der Waals surface area contributed by atoms with Crippen molar-refractivity contribution in [1.82, 2.24) is 10.6 Å². The van der Waals surface area contributed by atoms with Gasteiger partial charge in [-0.3, -0.25) is 4.79 Å². The van der Waals surface area contributed by atoms with Crippen LogP contribution in [0.5, 0.6) is 0 Å². The quantitative estimate of drug-likeness (QED) is 0.846. The number of rotatable bonds is 5. The van der Waals surface area contributed by atoms with Crippen molar-refractivity contribution in [3.63, 3.8) is 0 Å². The van der Waals surface area contributed by atoms with Gasteiger partial charge in [0.2, 0.25) is 5.91 Å². The summed E-state index contributed by atoms with van der Waals surface area (Å²) in [6, 6.07) is 7.90. The van der Waals surface area contributed by atoms with Crippen LogP contribution in [-0.4, -0.2) is 25.5 Å². The van der Waals surface area contributed by atoms with E-state index in [2.05, 4.69) is 26.6 Å². The van der Waals surface area contributed by atoms with Gasteiger partial charge in [0, 0.05) is 11.0 Å². The maximum Gasteiger partial charge on any atom is 0.224 e. The molecular formula is C15H22BrClN2O. The first kappa shape index (κ1) is 17.5. The summed E-state index contributed by atoms with van der Waals surface area (Å²) < 4.78 is 1.02. The lowest BCUT2D eigenvalue weighted by Crippen LogP contribution is -2.33. The van der Waals surface area contributed by atoms with Crippen LogP contribution < -0.4 is 10.6 Å². The maximum atomic E-state index is 11.8. The largest absolute Gasteiger partial charge is 0.356 e. The van der Waals surface area contributed by atoms with Crippen LogP contribution in [0.1, 0.15) is 24.8 Å². The first-order valence-electron chi connectivity index (χ1n) is 6.96. The fraction of sp³-hybridized carbons (Fsp3) is 0.533. The second-order valence-electron chi connectivity index (χ2n) is 5.16. The van der Waals surface area contributed by atoms with E-state index in [0.29, 0.717) is 6.42 Å². The van der Waals surface area contributed by atoms with E-state index in [1.54, 1.807) is 0 Å². The van der Waals surface area contributed by atoms with E-state index in [1.807, 2.05) is 24.3 Å². The highest BCUT2D eigenvalue weighted by Crippen LogP contribution is 2.13. The third-order valence-corrected chi connectivity index (χ3v) is 4.02. The molecule has 1 fully saturated rings. The van der Waals surface area contributed by atoms with Gasteiger partial charge < -0.3 is 10.6 Å². The summed E-state index contributed by atoms with van der Waals surface area (Å²) in [5.41, 5.74) is 1.05. The Balaban J connectivity index is 0.00000200. The van der Waals surface area contributed by atoms with Gasteiger partial charge in [-0.2, -0.15) is 0 Å². The van der Waals surface area contributed by atoms with Gasteiger partial charge in [0.15, 0.2) is 0 Å². The number of carbonyl (C=O) groups excluding carboxylic acids is 1. The van der Waals surface area contributed by atoms with Crippen molar-refractivity contribution in [2.45, 2.75) is 25.7 Å². The number of hydrogen-bond donors (Lipinski definition) is 2. The fourth-order valence-electron chi connectivity index (χ4n) is 2.48. The molecule has 0 bridgehead atoms. The molecular weight excluding hydrogens is 340 g/mol. The van der Waals surface area contributed by atoms with Gasteiger partial charge in [-0.25, -0.2) is 0 Å². The zero-order valence-electron chi connectivity index (χ0n) is 11.5. The predicted octanol–water partition coefficient (Wildman–Crippen LogP) is 2.92. The zero-order valence-corrected chi connectivity index (χ0v) is 13.9. The Morgan fingerprint density at radius 2 is 2.30 bits per heavy atom. The summed E-state index contributed by atoms with van der Waals surface area (Å²) in [6.07, 6.45) is 4.09. The number of amides is 1. The van der Waals surface area contributed by atoms with Crippen LogP contribution in [0.25, 0.3) is 0 Å². The van der Waals surface area contributed by atoms with Crippen molar-refractivity contribution in [2.24, 2.45) is 5.92 Å². The van der Waals surface area contributed by atoms with Gasteiger partial charge in [-0.05, 0) is 56.0 Å². The molecule has 0 spiro atoms. The van der Waals surface area contributed by atoms with Crippen molar-refractivity contribution in [2.75, 3.05) is 19.6 Å². The third kappa shape index (κ3) is 6.25. The highest BCUT2D eigenvalue weighted by molar-refractivity contribution is 9.10. The molecule has 1 aromatic rings. The Kier molecular flexibility index (Phi) is 8.19. The summed E-state index contributed by atoms with van der Waals surface area (Å²) in [5.74, 6) is 0.835. The van der Waals surface area contributed by atoms with Crippen molar-refractivity contribution >= 4 is 34.2 Å². The van der Waals surface area contributed by atoms with Crippen LogP contribution in [0.3, 0.4) is 0 Å². The Bertz CT molecular complexity index is 422. The van der Waals surface area contributed by atoms with E-state index in [1.165, 1.54) is 12.8 Å². The topological polar surface area (TPSA) is 41.1 Å². The van der Waals surface area contributed by atoms with E-state index in [-0.39, 0.29) is 18.3 Å². The van der Waals surface area contributed by atoms with Crippen LogP contribution in [0.4, 0.5) is 0 Å². The minimum Gasteiger partial charge on any atom is -0.356 e. The number of carbonyl (C=O) groups is 1. The number of nitrogens with one attached hydrogen (secondary N) is 2. The lowest BCUT2D eigenvalue weighted by molar-refractivity contribution is -0.120. The van der Waals surface area contributed by atoms with Gasteiger partial charge in [-0.15, -0.1) is 12.4 Å². The summed E-state index contributed by atoms with van der Waals surface area (Å²) in [6.45, 7) is 3.03. The van der Waals surface area contributed by atoms with Crippen LogP contribution in [-0.2, 0) is 11.2 Å². The van der Waals surface area contributed by atoms with Gasteiger partial charge in [0.25, 0.3) is 0 Å². The number of hydrogen-bond acceptors (Lipinski definition) is 2. The van der Waals surface area contributed by atoms with Crippen LogP contribution in [0.15, 0.2) is 28.7 Å². The Morgan fingerprint density at radius 1 is 1.45 bits per heavy atom. The molecule has 1 aliphatic heterocycles. The normalized spacial score (nSPS) is 18.1. The van der Waals surface area contributed by atoms with Gasteiger partial charge >= 0.3 is 0 Å². The van der Waals surface area contributed by atoms with E-state index in [9.17, 15) is 4.79 Å². The minimum atomic E-state index is 0. The van der Waals surface area contributed by atoms with E-state index < -0.39 is 0 Å². The fourth-order valence-corrected chi connectivity index (χ4v) is 2.93. The Morgan fingerprint density at radius 3 is 3.00 bits per heavy atom. The molecule has 0 radical (unpaired) electrons. The first-order chi connectivity index (χ1) is 9.24. The molecule has 1 aromatic carbocycles. The van der Waals surface area contributed by atoms with E-state index in [4.69, 9.17) is 0 Å². The highest BCUT2D eigenvalue weighted by Gasteiger charge is 2.12. The van der Waals surface area contributed by atoms with Gasteiger partial charge in [0.05, 0.1) is 6.42 Å². The monoisotopic (exact) mass is 360 g/mol. The molecule has 0 saturated carbocycles. The molecule has 1 unspecified atom stereocenters. The van der Waals surface area contributed by atoms with Gasteiger partial charge in [0.1, 0.15) is 0 Å². The SMILES string of the molecule is Cl.O=C(Cc1cccc(Br)c1)NCCC1CCCNC1. The molecule has 5 heteroatoms. The summed E-state index contributed by atoms with van der Waals surface area (Å²) in [5, 5.41) is 6.42. The van der Waals surface area contributed by atoms with Crippen LogP contribution in [0.2, 0.25) is 0 Å². The molecule has 1 heterocycles. The lowest BCUT2D eigenvalue weighted by Gasteiger charge is -2.22. The Hall–Kier alpha value is -0.580. The third-order valence-electron chi connectivity index (χ3n) is 3.53. The van der Waals surface area contributed by atoms with Crippen molar-refractivity contribution < 1.29 is 4.79 Å². The highest BCUT2D eigenvalue weighted by atomic mass is 79.9. The lowest BCUT2D eigenvalue weighted by atomic mass is 9.96. The molecule has 112 valence electrons. The van der Waals surface area contributed by atoms with Crippen molar-refractivity contribution in [1.29, 1.82) is 0 Å². The first-order valence-corrected chi connectivity index (χ1v) is 7.75. The average Bonchev–Trinajstić information content (AvgIpc) is 2.40. The molecule has 2 N–H and O–H groups in total. The second kappa shape index (κ2) is 9.37. The minimum absolute atomic E-state index is 0. The Labute approximate surface area is 135 Å². The summed E-state index contributed by atoms with van der Waals surface area (Å²) in [7, 11) is 0. The summed E-state index contributed by atoms with van der Waals surface area (Å²) >= 11 is 3.42. The van der Waals surface area contributed by atoms with Gasteiger partial charge in [-0.1, -0.05) is 28.1 Å².